The first-order valence-electron chi connectivity index (χ1n) is 10.2. The van der Waals surface area contributed by atoms with E-state index in [4.69, 9.17) is 0 Å². The quantitative estimate of drug-likeness (QED) is 0.481. The van der Waals surface area contributed by atoms with Gasteiger partial charge in [0.15, 0.2) is 5.65 Å². The van der Waals surface area contributed by atoms with Crippen LogP contribution in [0.25, 0.3) is 27.8 Å². The van der Waals surface area contributed by atoms with Crippen LogP contribution in [-0.4, -0.2) is 37.8 Å². The Labute approximate surface area is 182 Å². The lowest BCUT2D eigenvalue weighted by Crippen LogP contribution is -2.36. The lowest BCUT2D eigenvalue weighted by atomic mass is 10.1. The number of alkyl halides is 3. The van der Waals surface area contributed by atoms with Crippen molar-refractivity contribution in [3.63, 3.8) is 0 Å². The molecule has 0 aliphatic heterocycles. The highest BCUT2D eigenvalue weighted by Gasteiger charge is 2.30. The number of hydrogen-bond donors (Lipinski definition) is 2. The number of aromatic nitrogens is 3. The summed E-state index contributed by atoms with van der Waals surface area (Å²) in [6.07, 6.45) is -3.82. The maximum absolute atomic E-state index is 13.0. The SMILES string of the molecule is CCC(CO)NC(=O)c1ccc2c(c1)c1c(nc(C)n1C)n2-c1ccc(C(F)(F)F)cc1. The fraction of sp³-hybridized carbons (Fsp3) is 0.304. The van der Waals surface area contributed by atoms with Gasteiger partial charge in [-0.05, 0) is 55.8 Å². The molecule has 2 aromatic heterocycles. The highest BCUT2D eigenvalue weighted by atomic mass is 19.4. The zero-order valence-electron chi connectivity index (χ0n) is 17.9. The molecule has 168 valence electrons. The Bertz CT molecular complexity index is 1300. The van der Waals surface area contributed by atoms with Crippen LogP contribution >= 0.6 is 0 Å². The minimum absolute atomic E-state index is 0.153. The van der Waals surface area contributed by atoms with E-state index in [-0.39, 0.29) is 18.6 Å². The Morgan fingerprint density at radius 2 is 1.88 bits per heavy atom. The molecule has 0 spiro atoms. The van der Waals surface area contributed by atoms with Crippen LogP contribution in [0.3, 0.4) is 0 Å². The van der Waals surface area contributed by atoms with E-state index in [1.165, 1.54) is 12.1 Å². The first-order chi connectivity index (χ1) is 15.2. The third-order valence-corrected chi connectivity index (χ3v) is 5.77. The molecule has 6 nitrogen and oxygen atoms in total. The van der Waals surface area contributed by atoms with Gasteiger partial charge in [-0.15, -0.1) is 0 Å². The molecule has 0 saturated carbocycles. The summed E-state index contributed by atoms with van der Waals surface area (Å²) in [7, 11) is 1.85. The Hall–Kier alpha value is -3.33. The molecule has 1 unspecified atom stereocenters. The summed E-state index contributed by atoms with van der Waals surface area (Å²) >= 11 is 0. The fourth-order valence-corrected chi connectivity index (χ4v) is 3.83. The van der Waals surface area contributed by atoms with Gasteiger partial charge in [-0.2, -0.15) is 13.2 Å². The topological polar surface area (TPSA) is 72.1 Å². The molecule has 2 N–H and O–H groups in total. The van der Waals surface area contributed by atoms with Gasteiger partial charge in [0.2, 0.25) is 0 Å². The molecule has 0 aliphatic carbocycles. The number of benzene rings is 2. The molecule has 1 amide bonds. The summed E-state index contributed by atoms with van der Waals surface area (Å²) in [5.74, 6) is 0.431. The second-order valence-electron chi connectivity index (χ2n) is 7.76. The molecular weight excluding hydrogens is 421 g/mol. The van der Waals surface area contributed by atoms with Crippen molar-refractivity contribution in [3.05, 3.63) is 59.4 Å². The standard InChI is InChI=1S/C23H23F3N4O2/c1-4-16(12-31)28-22(32)14-5-10-19-18(11-14)20-21(27-13(2)29(20)3)30(19)17-8-6-15(7-9-17)23(24,25)26/h5-11,16,31H,4,12H2,1-3H3,(H,28,32). The Morgan fingerprint density at radius 1 is 1.19 bits per heavy atom. The molecule has 1 atom stereocenters. The van der Waals surface area contributed by atoms with Crippen molar-refractivity contribution in [1.82, 2.24) is 19.4 Å². The van der Waals surface area contributed by atoms with Gasteiger partial charge >= 0.3 is 6.18 Å². The molecule has 0 aliphatic rings. The summed E-state index contributed by atoms with van der Waals surface area (Å²) < 4.78 is 42.7. The molecule has 0 bridgehead atoms. The highest BCUT2D eigenvalue weighted by molar-refractivity contribution is 6.09. The number of amides is 1. The molecule has 0 radical (unpaired) electrons. The number of rotatable bonds is 5. The predicted octanol–water partition coefficient (Wildman–Crippen LogP) is 4.35. The maximum atomic E-state index is 13.0. The van der Waals surface area contributed by atoms with Crippen molar-refractivity contribution in [3.8, 4) is 5.69 Å². The average molecular weight is 444 g/mol. The van der Waals surface area contributed by atoms with Crippen molar-refractivity contribution in [2.24, 2.45) is 7.05 Å². The summed E-state index contributed by atoms with van der Waals surface area (Å²) in [4.78, 5) is 17.3. The van der Waals surface area contributed by atoms with Crippen LogP contribution in [0.15, 0.2) is 42.5 Å². The number of carbonyl (C=O) groups is 1. The molecule has 4 aromatic rings. The number of halogens is 3. The normalized spacial score (nSPS) is 13.1. The van der Waals surface area contributed by atoms with Gasteiger partial charge in [0.05, 0.1) is 29.2 Å². The number of imidazole rings is 1. The van der Waals surface area contributed by atoms with E-state index in [0.717, 1.165) is 34.4 Å². The Kier molecular flexibility index (Phi) is 5.46. The van der Waals surface area contributed by atoms with Crippen LogP contribution in [0.5, 0.6) is 0 Å². The Balaban J connectivity index is 1.88. The van der Waals surface area contributed by atoms with Crippen LogP contribution in [0, 0.1) is 6.92 Å². The van der Waals surface area contributed by atoms with Crippen LogP contribution < -0.4 is 5.32 Å². The van der Waals surface area contributed by atoms with Crippen molar-refractivity contribution >= 4 is 28.0 Å². The predicted molar refractivity (Wildman–Crippen MR) is 116 cm³/mol. The van der Waals surface area contributed by atoms with E-state index >= 15 is 0 Å². The third-order valence-electron chi connectivity index (χ3n) is 5.77. The summed E-state index contributed by atoms with van der Waals surface area (Å²) in [6, 6.07) is 9.76. The van der Waals surface area contributed by atoms with Gasteiger partial charge in [0.1, 0.15) is 5.82 Å². The number of aryl methyl sites for hydroxylation is 2. The fourth-order valence-electron chi connectivity index (χ4n) is 3.83. The molecule has 2 aromatic carbocycles. The smallest absolute Gasteiger partial charge is 0.394 e. The van der Waals surface area contributed by atoms with Gasteiger partial charge in [-0.1, -0.05) is 6.92 Å². The van der Waals surface area contributed by atoms with E-state index < -0.39 is 11.7 Å². The third kappa shape index (κ3) is 3.62. The van der Waals surface area contributed by atoms with E-state index in [2.05, 4.69) is 10.3 Å². The number of nitrogens with one attached hydrogen (secondary N) is 1. The van der Waals surface area contributed by atoms with Crippen LogP contribution in [0.4, 0.5) is 13.2 Å². The van der Waals surface area contributed by atoms with E-state index in [1.807, 2.05) is 25.5 Å². The number of nitrogens with zero attached hydrogens (tertiary/aromatic N) is 3. The number of aliphatic hydroxyl groups excluding tert-OH is 1. The largest absolute Gasteiger partial charge is 0.416 e. The summed E-state index contributed by atoms with van der Waals surface area (Å²) in [5, 5.41) is 12.9. The molecule has 0 fully saturated rings. The summed E-state index contributed by atoms with van der Waals surface area (Å²) in [5.41, 5.74) is 2.35. The molecule has 32 heavy (non-hydrogen) atoms. The molecular formula is C23H23F3N4O2. The summed E-state index contributed by atoms with van der Waals surface area (Å²) in [6.45, 7) is 3.56. The van der Waals surface area contributed by atoms with Crippen LogP contribution in [0.2, 0.25) is 0 Å². The molecule has 9 heteroatoms. The van der Waals surface area contributed by atoms with Crippen molar-refractivity contribution in [2.45, 2.75) is 32.5 Å². The lowest BCUT2D eigenvalue weighted by Gasteiger charge is -2.14. The Morgan fingerprint density at radius 3 is 2.47 bits per heavy atom. The zero-order valence-corrected chi connectivity index (χ0v) is 17.9. The highest BCUT2D eigenvalue weighted by Crippen LogP contribution is 2.34. The van der Waals surface area contributed by atoms with Gasteiger partial charge in [0, 0.05) is 23.7 Å². The second kappa shape index (κ2) is 7.98. The van der Waals surface area contributed by atoms with Crippen molar-refractivity contribution in [1.29, 1.82) is 0 Å². The van der Waals surface area contributed by atoms with E-state index in [9.17, 15) is 23.1 Å². The number of fused-ring (bicyclic) bond motifs is 3. The lowest BCUT2D eigenvalue weighted by molar-refractivity contribution is -0.137. The number of hydrogen-bond acceptors (Lipinski definition) is 3. The zero-order chi connectivity index (χ0) is 23.2. The minimum atomic E-state index is -4.42. The number of aliphatic hydroxyl groups is 1. The first kappa shape index (κ1) is 21.9. The van der Waals surface area contributed by atoms with Crippen molar-refractivity contribution in [2.75, 3.05) is 6.61 Å². The monoisotopic (exact) mass is 444 g/mol. The van der Waals surface area contributed by atoms with E-state index in [1.54, 1.807) is 22.8 Å². The minimum Gasteiger partial charge on any atom is -0.394 e. The van der Waals surface area contributed by atoms with Crippen molar-refractivity contribution < 1.29 is 23.1 Å². The first-order valence-corrected chi connectivity index (χ1v) is 10.2. The van der Waals surface area contributed by atoms with Crippen LogP contribution in [-0.2, 0) is 13.2 Å². The van der Waals surface area contributed by atoms with Gasteiger partial charge in [0.25, 0.3) is 5.91 Å². The van der Waals surface area contributed by atoms with Gasteiger partial charge < -0.3 is 15.0 Å². The molecule has 0 saturated heterocycles. The van der Waals surface area contributed by atoms with Crippen LogP contribution in [0.1, 0.15) is 35.1 Å². The average Bonchev–Trinajstić information content (AvgIpc) is 3.23. The molecule has 2 heterocycles. The maximum Gasteiger partial charge on any atom is 0.416 e. The van der Waals surface area contributed by atoms with Gasteiger partial charge in [-0.25, -0.2) is 4.98 Å². The van der Waals surface area contributed by atoms with E-state index in [0.29, 0.717) is 23.3 Å². The second-order valence-corrected chi connectivity index (χ2v) is 7.76. The number of carbonyl (C=O) groups excluding carboxylic acids is 1. The van der Waals surface area contributed by atoms with Gasteiger partial charge in [-0.3, -0.25) is 9.36 Å². The molecule has 4 rings (SSSR count).